The molecule has 1 heterocycles. The van der Waals surface area contributed by atoms with E-state index in [2.05, 4.69) is 30.8 Å². The number of phenols is 1. The van der Waals surface area contributed by atoms with Crippen LogP contribution in [0, 0.1) is 0 Å². The molecular formula is C17H20N2O2S. The highest BCUT2D eigenvalue weighted by molar-refractivity contribution is 8.03. The minimum Gasteiger partial charge on any atom is -0.508 e. The number of hydrogen-bond acceptors (Lipinski definition) is 5. The molecule has 2 unspecified atom stereocenters. The van der Waals surface area contributed by atoms with E-state index in [4.69, 9.17) is 0 Å². The molecule has 5 heteroatoms. The summed E-state index contributed by atoms with van der Waals surface area (Å²) < 4.78 is 0. The van der Waals surface area contributed by atoms with Crippen LogP contribution in [-0.4, -0.2) is 48.5 Å². The maximum Gasteiger partial charge on any atom is 0.179 e. The molecule has 0 spiro atoms. The number of nitrogens with zero attached hydrogens (tertiary/aromatic N) is 2. The second-order valence-electron chi connectivity index (χ2n) is 5.97. The van der Waals surface area contributed by atoms with Crippen molar-refractivity contribution in [3.8, 4) is 5.75 Å². The van der Waals surface area contributed by atoms with Crippen molar-refractivity contribution < 1.29 is 9.90 Å². The van der Waals surface area contributed by atoms with Gasteiger partial charge in [-0.25, -0.2) is 0 Å². The summed E-state index contributed by atoms with van der Waals surface area (Å²) in [5.41, 5.74) is 1.11. The standard InChI is InChI=1S/C17H20N2O2S/c1-11(18(2)3)10-19-14-6-4-12(20)8-16(14)22-17-9-13(21)5-7-15(17)19/h4-9,11,14,21H,10H2,1-3H3. The Morgan fingerprint density at radius 2 is 2.18 bits per heavy atom. The molecule has 0 bridgehead atoms. The number of allylic oxidation sites excluding steroid dienone is 2. The number of carbonyl (C=O) groups is 1. The van der Waals surface area contributed by atoms with Crippen molar-refractivity contribution in [3.63, 3.8) is 0 Å². The number of anilines is 1. The van der Waals surface area contributed by atoms with Crippen molar-refractivity contribution in [2.24, 2.45) is 0 Å². The fraction of sp³-hybridized carbons (Fsp3) is 0.353. The van der Waals surface area contributed by atoms with Crippen LogP contribution in [-0.2, 0) is 4.79 Å². The Hall–Kier alpha value is -1.72. The Bertz CT molecular complexity index is 667. The molecule has 4 nitrogen and oxygen atoms in total. The Morgan fingerprint density at radius 1 is 1.41 bits per heavy atom. The summed E-state index contributed by atoms with van der Waals surface area (Å²) in [4.78, 5) is 18.2. The highest BCUT2D eigenvalue weighted by atomic mass is 32.2. The predicted octanol–water partition coefficient (Wildman–Crippen LogP) is 2.65. The van der Waals surface area contributed by atoms with Crippen LogP contribution in [0.4, 0.5) is 5.69 Å². The second kappa shape index (κ2) is 5.82. The number of aromatic hydroxyl groups is 1. The lowest BCUT2D eigenvalue weighted by Gasteiger charge is -2.41. The fourth-order valence-electron chi connectivity index (χ4n) is 2.66. The summed E-state index contributed by atoms with van der Waals surface area (Å²) in [6.45, 7) is 3.04. The zero-order chi connectivity index (χ0) is 15.9. The van der Waals surface area contributed by atoms with Crippen LogP contribution in [0.15, 0.2) is 46.2 Å². The van der Waals surface area contributed by atoms with Gasteiger partial charge in [0.25, 0.3) is 0 Å². The fourth-order valence-corrected chi connectivity index (χ4v) is 3.89. The van der Waals surface area contributed by atoms with E-state index in [0.29, 0.717) is 6.04 Å². The van der Waals surface area contributed by atoms with E-state index in [-0.39, 0.29) is 17.6 Å². The Balaban J connectivity index is 2.02. The molecule has 1 aliphatic carbocycles. The normalized spacial score (nSPS) is 21.5. The minimum atomic E-state index is 0.0305. The van der Waals surface area contributed by atoms with Gasteiger partial charge in [-0.15, -0.1) is 0 Å². The second-order valence-corrected chi connectivity index (χ2v) is 7.09. The average molecular weight is 316 g/mol. The van der Waals surface area contributed by atoms with Crippen LogP contribution in [0.3, 0.4) is 0 Å². The summed E-state index contributed by atoms with van der Waals surface area (Å²) >= 11 is 1.57. The molecule has 22 heavy (non-hydrogen) atoms. The van der Waals surface area contributed by atoms with Crippen molar-refractivity contribution in [1.82, 2.24) is 4.90 Å². The Morgan fingerprint density at radius 3 is 2.91 bits per heavy atom. The van der Waals surface area contributed by atoms with Crippen LogP contribution in [0.1, 0.15) is 6.92 Å². The molecule has 0 saturated heterocycles. The molecule has 0 radical (unpaired) electrons. The quantitative estimate of drug-likeness (QED) is 0.929. The first-order valence-corrected chi connectivity index (χ1v) is 8.15. The summed E-state index contributed by atoms with van der Waals surface area (Å²) in [5.74, 6) is 0.284. The van der Waals surface area contributed by atoms with Gasteiger partial charge in [-0.3, -0.25) is 4.79 Å². The number of carbonyl (C=O) groups excluding carboxylic acids is 1. The van der Waals surface area contributed by atoms with Gasteiger partial charge >= 0.3 is 0 Å². The number of likely N-dealkylation sites (N-methyl/N-ethyl adjacent to an activating group) is 1. The first kappa shape index (κ1) is 15.2. The van der Waals surface area contributed by atoms with Crippen molar-refractivity contribution in [3.05, 3.63) is 41.3 Å². The zero-order valence-electron chi connectivity index (χ0n) is 13.0. The third-order valence-electron chi connectivity index (χ3n) is 4.18. The van der Waals surface area contributed by atoms with Crippen molar-refractivity contribution >= 4 is 23.2 Å². The third-order valence-corrected chi connectivity index (χ3v) is 5.32. The van der Waals surface area contributed by atoms with Crippen molar-refractivity contribution in [1.29, 1.82) is 0 Å². The molecule has 1 aromatic carbocycles. The lowest BCUT2D eigenvalue weighted by Crippen LogP contribution is -2.46. The van der Waals surface area contributed by atoms with Gasteiger partial charge in [0.1, 0.15) is 5.75 Å². The molecule has 0 saturated carbocycles. The van der Waals surface area contributed by atoms with Gasteiger partial charge in [-0.1, -0.05) is 17.8 Å². The topological polar surface area (TPSA) is 43.8 Å². The summed E-state index contributed by atoms with van der Waals surface area (Å²) in [6, 6.07) is 5.92. The van der Waals surface area contributed by atoms with E-state index >= 15 is 0 Å². The van der Waals surface area contributed by atoms with Crippen LogP contribution in [0.25, 0.3) is 0 Å². The van der Waals surface area contributed by atoms with Gasteiger partial charge in [-0.2, -0.15) is 0 Å². The highest BCUT2D eigenvalue weighted by Crippen LogP contribution is 2.46. The number of thioether (sulfide) groups is 1. The number of fused-ring (bicyclic) bond motifs is 2. The van der Waals surface area contributed by atoms with E-state index in [1.165, 1.54) is 0 Å². The number of rotatable bonds is 3. The van der Waals surface area contributed by atoms with E-state index in [1.54, 1.807) is 36.0 Å². The van der Waals surface area contributed by atoms with Gasteiger partial charge in [-0.05, 0) is 51.4 Å². The third kappa shape index (κ3) is 2.78. The SMILES string of the molecule is CC(CN1c2ccc(O)cc2SC2=CC(=O)C=CC21)N(C)C. The molecule has 2 atom stereocenters. The first-order valence-electron chi connectivity index (χ1n) is 7.33. The molecule has 0 amide bonds. The van der Waals surface area contributed by atoms with E-state index in [0.717, 1.165) is 22.0 Å². The molecule has 0 fully saturated rings. The summed E-state index contributed by atoms with van der Waals surface area (Å²) in [5, 5.41) is 9.75. The maximum atomic E-state index is 11.7. The Kier molecular flexibility index (Phi) is 4.02. The van der Waals surface area contributed by atoms with Gasteiger partial charge in [0.15, 0.2) is 5.78 Å². The Labute approximate surface area is 135 Å². The largest absolute Gasteiger partial charge is 0.508 e. The molecule has 3 rings (SSSR count). The number of hydrogen-bond donors (Lipinski definition) is 1. The van der Waals surface area contributed by atoms with E-state index < -0.39 is 0 Å². The summed E-state index contributed by atoms with van der Waals surface area (Å²) in [6.07, 6.45) is 5.33. The number of phenolic OH excluding ortho intramolecular Hbond substituents is 1. The van der Waals surface area contributed by atoms with Gasteiger partial charge in [0.05, 0.1) is 11.7 Å². The van der Waals surface area contributed by atoms with E-state index in [9.17, 15) is 9.90 Å². The monoisotopic (exact) mass is 316 g/mol. The van der Waals surface area contributed by atoms with Crippen LogP contribution in [0.2, 0.25) is 0 Å². The molecule has 2 aliphatic rings. The molecule has 0 aromatic heterocycles. The van der Waals surface area contributed by atoms with Crippen LogP contribution < -0.4 is 4.90 Å². The number of ketones is 1. The lowest BCUT2D eigenvalue weighted by molar-refractivity contribution is -0.110. The number of benzene rings is 1. The zero-order valence-corrected chi connectivity index (χ0v) is 13.8. The molecule has 1 aliphatic heterocycles. The maximum absolute atomic E-state index is 11.7. The predicted molar refractivity (Wildman–Crippen MR) is 90.5 cm³/mol. The minimum absolute atomic E-state index is 0.0305. The molecule has 1 aromatic rings. The smallest absolute Gasteiger partial charge is 0.179 e. The van der Waals surface area contributed by atoms with Crippen LogP contribution in [0.5, 0.6) is 5.75 Å². The van der Waals surface area contributed by atoms with Crippen molar-refractivity contribution in [2.75, 3.05) is 25.5 Å². The molecule has 1 N–H and O–H groups in total. The van der Waals surface area contributed by atoms with Gasteiger partial charge in [0.2, 0.25) is 0 Å². The molecular weight excluding hydrogens is 296 g/mol. The van der Waals surface area contributed by atoms with E-state index in [1.807, 2.05) is 12.1 Å². The van der Waals surface area contributed by atoms with Crippen molar-refractivity contribution in [2.45, 2.75) is 23.9 Å². The van der Waals surface area contributed by atoms with Crippen LogP contribution >= 0.6 is 11.8 Å². The van der Waals surface area contributed by atoms with Gasteiger partial charge in [0, 0.05) is 22.4 Å². The van der Waals surface area contributed by atoms with Gasteiger partial charge < -0.3 is 14.9 Å². The first-order chi connectivity index (χ1) is 10.5. The average Bonchev–Trinajstić information content (AvgIpc) is 2.45. The highest BCUT2D eigenvalue weighted by Gasteiger charge is 2.32. The lowest BCUT2D eigenvalue weighted by atomic mass is 10.0. The summed E-state index contributed by atoms with van der Waals surface area (Å²) in [7, 11) is 4.14. The molecule has 116 valence electrons.